The molecule has 0 spiro atoms. The lowest BCUT2D eigenvalue weighted by atomic mass is 9.91. The second kappa shape index (κ2) is 6.80. The fourth-order valence-electron chi connectivity index (χ4n) is 2.76. The van der Waals surface area contributed by atoms with Crippen LogP contribution in [0.2, 0.25) is 0 Å². The van der Waals surface area contributed by atoms with Crippen molar-refractivity contribution in [1.82, 2.24) is 4.90 Å². The number of aryl methyl sites for hydroxylation is 1. The standard InChI is InChI=1S/C16H25NO2/c1-17-10-8-13(9-11-17)4-5-14-6-7-15(18-2)16(12-14)19-3/h6-7,12-13H,4-5,8-11H2,1-3H3. The van der Waals surface area contributed by atoms with Crippen molar-refractivity contribution in [2.75, 3.05) is 34.4 Å². The lowest BCUT2D eigenvalue weighted by Crippen LogP contribution is -2.30. The van der Waals surface area contributed by atoms with E-state index in [0.29, 0.717) is 0 Å². The van der Waals surface area contributed by atoms with Crippen molar-refractivity contribution in [2.24, 2.45) is 5.92 Å². The topological polar surface area (TPSA) is 21.7 Å². The molecule has 1 heterocycles. The van der Waals surface area contributed by atoms with E-state index >= 15 is 0 Å². The Kier molecular flexibility index (Phi) is 5.08. The zero-order valence-corrected chi connectivity index (χ0v) is 12.3. The summed E-state index contributed by atoms with van der Waals surface area (Å²) in [6.45, 7) is 2.49. The molecule has 3 nitrogen and oxygen atoms in total. The zero-order valence-electron chi connectivity index (χ0n) is 12.3. The predicted octanol–water partition coefficient (Wildman–Crippen LogP) is 2.98. The first-order chi connectivity index (χ1) is 9.22. The average molecular weight is 263 g/mol. The summed E-state index contributed by atoms with van der Waals surface area (Å²) >= 11 is 0. The van der Waals surface area contributed by atoms with Gasteiger partial charge in [0, 0.05) is 0 Å². The Balaban J connectivity index is 1.89. The molecule has 0 atom stereocenters. The first-order valence-corrected chi connectivity index (χ1v) is 7.12. The van der Waals surface area contributed by atoms with Crippen LogP contribution in [-0.2, 0) is 6.42 Å². The summed E-state index contributed by atoms with van der Waals surface area (Å²) in [4.78, 5) is 2.42. The van der Waals surface area contributed by atoms with Crippen LogP contribution in [0.4, 0.5) is 0 Å². The number of hydrogen-bond donors (Lipinski definition) is 0. The van der Waals surface area contributed by atoms with Crippen LogP contribution in [0.1, 0.15) is 24.8 Å². The molecule has 0 unspecified atom stereocenters. The molecule has 3 heteroatoms. The quantitative estimate of drug-likeness (QED) is 0.815. The van der Waals surface area contributed by atoms with Gasteiger partial charge in [0.2, 0.25) is 0 Å². The first kappa shape index (κ1) is 14.2. The Labute approximate surface area is 116 Å². The van der Waals surface area contributed by atoms with Crippen LogP contribution in [0, 0.1) is 5.92 Å². The van der Waals surface area contributed by atoms with Gasteiger partial charge in [-0.1, -0.05) is 6.07 Å². The van der Waals surface area contributed by atoms with Crippen LogP contribution in [0.3, 0.4) is 0 Å². The summed E-state index contributed by atoms with van der Waals surface area (Å²) in [7, 11) is 5.58. The minimum absolute atomic E-state index is 0.811. The number of hydrogen-bond acceptors (Lipinski definition) is 3. The largest absolute Gasteiger partial charge is 0.493 e. The van der Waals surface area contributed by atoms with E-state index in [-0.39, 0.29) is 0 Å². The Bertz CT molecular complexity index is 398. The number of benzene rings is 1. The van der Waals surface area contributed by atoms with E-state index in [9.17, 15) is 0 Å². The summed E-state index contributed by atoms with van der Waals surface area (Å²) in [5.41, 5.74) is 1.34. The highest BCUT2D eigenvalue weighted by molar-refractivity contribution is 5.42. The van der Waals surface area contributed by atoms with Crippen molar-refractivity contribution < 1.29 is 9.47 Å². The number of ether oxygens (including phenoxy) is 2. The number of rotatable bonds is 5. The molecule has 0 amide bonds. The summed E-state index contributed by atoms with van der Waals surface area (Å²) in [6, 6.07) is 6.26. The summed E-state index contributed by atoms with van der Waals surface area (Å²) in [5, 5.41) is 0. The van der Waals surface area contributed by atoms with Crippen LogP contribution in [0.25, 0.3) is 0 Å². The van der Waals surface area contributed by atoms with Crippen LogP contribution in [-0.4, -0.2) is 39.3 Å². The average Bonchev–Trinajstić information content (AvgIpc) is 2.46. The Morgan fingerprint density at radius 2 is 1.79 bits per heavy atom. The minimum Gasteiger partial charge on any atom is -0.493 e. The molecule has 1 aromatic rings. The van der Waals surface area contributed by atoms with Gasteiger partial charge in [0.05, 0.1) is 14.2 Å². The second-order valence-electron chi connectivity index (χ2n) is 5.47. The van der Waals surface area contributed by atoms with Gasteiger partial charge in [0.25, 0.3) is 0 Å². The molecule has 0 bridgehead atoms. The van der Waals surface area contributed by atoms with E-state index in [1.165, 1.54) is 37.9 Å². The summed E-state index contributed by atoms with van der Waals surface area (Å²) < 4.78 is 10.6. The van der Waals surface area contributed by atoms with Gasteiger partial charge >= 0.3 is 0 Å². The maximum absolute atomic E-state index is 5.35. The Morgan fingerprint density at radius 3 is 2.42 bits per heavy atom. The monoisotopic (exact) mass is 263 g/mol. The molecule has 0 aromatic heterocycles. The van der Waals surface area contributed by atoms with E-state index in [0.717, 1.165) is 23.8 Å². The summed E-state index contributed by atoms with van der Waals surface area (Å²) in [6.07, 6.45) is 5.09. The highest BCUT2D eigenvalue weighted by atomic mass is 16.5. The maximum atomic E-state index is 5.35. The van der Waals surface area contributed by atoms with Crippen molar-refractivity contribution in [3.05, 3.63) is 23.8 Å². The van der Waals surface area contributed by atoms with E-state index in [2.05, 4.69) is 24.1 Å². The van der Waals surface area contributed by atoms with Crippen molar-refractivity contribution in [3.8, 4) is 11.5 Å². The third-order valence-corrected chi connectivity index (χ3v) is 4.13. The molecule has 0 N–H and O–H groups in total. The molecule has 1 saturated heterocycles. The molecule has 0 radical (unpaired) electrons. The Hall–Kier alpha value is -1.22. The molecule has 0 aliphatic carbocycles. The van der Waals surface area contributed by atoms with Crippen molar-refractivity contribution in [1.29, 1.82) is 0 Å². The van der Waals surface area contributed by atoms with Gasteiger partial charge in [-0.05, 0) is 69.4 Å². The van der Waals surface area contributed by atoms with Gasteiger partial charge in [-0.15, -0.1) is 0 Å². The molecule has 1 fully saturated rings. The van der Waals surface area contributed by atoms with Crippen molar-refractivity contribution >= 4 is 0 Å². The van der Waals surface area contributed by atoms with Gasteiger partial charge in [-0.25, -0.2) is 0 Å². The number of nitrogens with zero attached hydrogens (tertiary/aromatic N) is 1. The molecular formula is C16H25NO2. The van der Waals surface area contributed by atoms with Crippen LogP contribution < -0.4 is 9.47 Å². The fraction of sp³-hybridized carbons (Fsp3) is 0.625. The smallest absolute Gasteiger partial charge is 0.160 e. The number of likely N-dealkylation sites (tertiary alicyclic amines) is 1. The van der Waals surface area contributed by atoms with Gasteiger partial charge < -0.3 is 14.4 Å². The molecular weight excluding hydrogens is 238 g/mol. The Morgan fingerprint density at radius 1 is 1.11 bits per heavy atom. The molecule has 2 rings (SSSR count). The zero-order chi connectivity index (χ0) is 13.7. The first-order valence-electron chi connectivity index (χ1n) is 7.12. The fourth-order valence-corrected chi connectivity index (χ4v) is 2.76. The SMILES string of the molecule is COc1ccc(CCC2CCN(C)CC2)cc1OC. The summed E-state index contributed by atoms with van der Waals surface area (Å²) in [5.74, 6) is 2.53. The van der Waals surface area contributed by atoms with Crippen molar-refractivity contribution in [2.45, 2.75) is 25.7 Å². The van der Waals surface area contributed by atoms with Crippen LogP contribution in [0.5, 0.6) is 11.5 Å². The predicted molar refractivity (Wildman–Crippen MR) is 78.1 cm³/mol. The maximum Gasteiger partial charge on any atom is 0.160 e. The van der Waals surface area contributed by atoms with E-state index < -0.39 is 0 Å². The molecule has 1 aliphatic heterocycles. The third-order valence-electron chi connectivity index (χ3n) is 4.13. The highest BCUT2D eigenvalue weighted by Crippen LogP contribution is 2.29. The lowest BCUT2D eigenvalue weighted by molar-refractivity contribution is 0.212. The molecule has 0 saturated carbocycles. The van der Waals surface area contributed by atoms with E-state index in [4.69, 9.17) is 9.47 Å². The second-order valence-corrected chi connectivity index (χ2v) is 5.47. The van der Waals surface area contributed by atoms with E-state index in [1.54, 1.807) is 14.2 Å². The van der Waals surface area contributed by atoms with Gasteiger partial charge in [0.15, 0.2) is 11.5 Å². The lowest BCUT2D eigenvalue weighted by Gasteiger charge is -2.28. The normalized spacial score (nSPS) is 17.4. The van der Waals surface area contributed by atoms with Crippen LogP contribution in [0.15, 0.2) is 18.2 Å². The van der Waals surface area contributed by atoms with Crippen LogP contribution >= 0.6 is 0 Å². The molecule has 106 valence electrons. The van der Waals surface area contributed by atoms with Crippen molar-refractivity contribution in [3.63, 3.8) is 0 Å². The van der Waals surface area contributed by atoms with Gasteiger partial charge in [-0.3, -0.25) is 0 Å². The van der Waals surface area contributed by atoms with Gasteiger partial charge in [0.1, 0.15) is 0 Å². The molecule has 1 aliphatic rings. The third kappa shape index (κ3) is 3.87. The number of methoxy groups -OCH3 is 2. The molecule has 1 aromatic carbocycles. The molecule has 19 heavy (non-hydrogen) atoms. The van der Waals surface area contributed by atoms with Gasteiger partial charge in [-0.2, -0.15) is 0 Å². The minimum atomic E-state index is 0.811. The highest BCUT2D eigenvalue weighted by Gasteiger charge is 2.16. The number of piperidine rings is 1. The van der Waals surface area contributed by atoms with E-state index in [1.807, 2.05) is 6.07 Å².